The van der Waals surface area contributed by atoms with Crippen LogP contribution < -0.4 is 0 Å². The molecule has 1 fully saturated rings. The molecule has 2 aromatic rings. The lowest BCUT2D eigenvalue weighted by atomic mass is 9.96. The van der Waals surface area contributed by atoms with Crippen molar-refractivity contribution in [3.8, 4) is 11.5 Å². The highest BCUT2D eigenvalue weighted by atomic mass is 19.4. The summed E-state index contributed by atoms with van der Waals surface area (Å²) in [5.74, 6) is -1.12. The van der Waals surface area contributed by atoms with Gasteiger partial charge in [-0.3, -0.25) is 9.88 Å². The zero-order valence-electron chi connectivity index (χ0n) is 18.8. The van der Waals surface area contributed by atoms with Gasteiger partial charge in [0.05, 0.1) is 5.69 Å². The Bertz CT molecular complexity index is 962. The highest BCUT2D eigenvalue weighted by Gasteiger charge is 2.38. The number of carboxylic acids is 1. The van der Waals surface area contributed by atoms with Crippen LogP contribution in [0.3, 0.4) is 0 Å². The van der Waals surface area contributed by atoms with E-state index in [2.05, 4.69) is 38.1 Å². The lowest BCUT2D eigenvalue weighted by Crippen LogP contribution is -2.36. The average molecular weight is 467 g/mol. The minimum atomic E-state index is -5.08. The third-order valence-corrected chi connectivity index (χ3v) is 5.83. The number of nitrogens with one attached hydrogen (secondary N) is 1. The molecule has 4 heterocycles. The maximum absolute atomic E-state index is 10.6. The smallest absolute Gasteiger partial charge is 0.475 e. The summed E-state index contributed by atoms with van der Waals surface area (Å²) < 4.78 is 37.2. The summed E-state index contributed by atoms with van der Waals surface area (Å²) in [6.45, 7) is 9.31. The summed E-state index contributed by atoms with van der Waals surface area (Å²) in [6.07, 6.45) is 2.72. The molecule has 2 aromatic heterocycles. The van der Waals surface area contributed by atoms with Crippen molar-refractivity contribution >= 4 is 11.5 Å². The number of aryl methyl sites for hydroxylation is 2. The van der Waals surface area contributed by atoms with Crippen LogP contribution in [-0.4, -0.2) is 70.0 Å². The molecule has 2 N–H and O–H groups in total. The Hall–Kier alpha value is -2.72. The van der Waals surface area contributed by atoms with Crippen LogP contribution in [0, 0.1) is 19.8 Å². The van der Waals surface area contributed by atoms with Gasteiger partial charge in [-0.05, 0) is 62.3 Å². The van der Waals surface area contributed by atoms with Gasteiger partial charge in [-0.15, -0.1) is 0 Å². The fourth-order valence-corrected chi connectivity index (χ4v) is 3.89. The predicted octanol–water partition coefficient (Wildman–Crippen LogP) is 4.24. The zero-order chi connectivity index (χ0) is 24.0. The van der Waals surface area contributed by atoms with Gasteiger partial charge in [0.2, 0.25) is 0 Å². The fraction of sp³-hybridized carbons (Fsp3) is 0.522. The van der Waals surface area contributed by atoms with E-state index in [9.17, 15) is 13.2 Å². The number of pyridine rings is 1. The van der Waals surface area contributed by atoms with E-state index in [-0.39, 0.29) is 0 Å². The Morgan fingerprint density at radius 2 is 2.00 bits per heavy atom. The molecule has 0 saturated carbocycles. The topological polar surface area (TPSA) is 91.3 Å². The highest BCUT2D eigenvalue weighted by molar-refractivity contribution is 5.73. The third kappa shape index (κ3) is 7.13. The molecule has 180 valence electrons. The lowest BCUT2D eigenvalue weighted by Gasteiger charge is -2.32. The number of rotatable bonds is 4. The first kappa shape index (κ1) is 24.9. The molecule has 33 heavy (non-hydrogen) atoms. The van der Waals surface area contributed by atoms with Crippen molar-refractivity contribution in [2.24, 2.45) is 5.92 Å². The minimum Gasteiger partial charge on any atom is -0.475 e. The Morgan fingerprint density at radius 3 is 2.61 bits per heavy atom. The largest absolute Gasteiger partial charge is 0.490 e. The summed E-state index contributed by atoms with van der Waals surface area (Å²) in [4.78, 5) is 24.0. The Balaban J connectivity index is 0.000000383. The van der Waals surface area contributed by atoms with E-state index >= 15 is 0 Å². The van der Waals surface area contributed by atoms with Gasteiger partial charge in [0, 0.05) is 44.7 Å². The molecule has 2 aliphatic rings. The van der Waals surface area contributed by atoms with Crippen molar-refractivity contribution < 1.29 is 27.8 Å². The van der Waals surface area contributed by atoms with Crippen LogP contribution in [0.15, 0.2) is 24.4 Å². The van der Waals surface area contributed by atoms with Crippen molar-refractivity contribution in [3.63, 3.8) is 0 Å². The molecule has 0 spiro atoms. The van der Waals surface area contributed by atoms with Gasteiger partial charge < -0.3 is 14.8 Å². The summed E-state index contributed by atoms with van der Waals surface area (Å²) in [7, 11) is 0. The van der Waals surface area contributed by atoms with Crippen molar-refractivity contribution in [2.45, 2.75) is 39.3 Å². The predicted molar refractivity (Wildman–Crippen MR) is 118 cm³/mol. The van der Waals surface area contributed by atoms with E-state index in [1.807, 2.05) is 20.0 Å². The molecular weight excluding hydrogens is 437 g/mol. The van der Waals surface area contributed by atoms with E-state index < -0.39 is 12.1 Å². The molecule has 4 rings (SSSR count). The van der Waals surface area contributed by atoms with Gasteiger partial charge in [0.15, 0.2) is 5.82 Å². The van der Waals surface area contributed by atoms with Crippen LogP contribution in [0.4, 0.5) is 13.2 Å². The van der Waals surface area contributed by atoms with Gasteiger partial charge >= 0.3 is 12.1 Å². The van der Waals surface area contributed by atoms with Crippen LogP contribution in [0.2, 0.25) is 0 Å². The first-order valence-electron chi connectivity index (χ1n) is 10.9. The number of nitrogens with zero attached hydrogens (tertiary/aromatic N) is 3. The maximum atomic E-state index is 10.6. The van der Waals surface area contributed by atoms with E-state index in [0.717, 1.165) is 61.5 Å². The zero-order valence-corrected chi connectivity index (χ0v) is 18.8. The van der Waals surface area contributed by atoms with Crippen LogP contribution in [0.5, 0.6) is 0 Å². The van der Waals surface area contributed by atoms with Gasteiger partial charge in [-0.1, -0.05) is 6.08 Å². The second-order valence-corrected chi connectivity index (χ2v) is 8.34. The average Bonchev–Trinajstić information content (AvgIpc) is 3.13. The van der Waals surface area contributed by atoms with E-state index in [1.165, 1.54) is 30.5 Å². The number of aromatic amines is 1. The number of ether oxygens (including phenoxy) is 1. The van der Waals surface area contributed by atoms with Gasteiger partial charge in [-0.2, -0.15) is 13.2 Å². The van der Waals surface area contributed by atoms with Crippen LogP contribution in [0.1, 0.15) is 36.2 Å². The molecule has 10 heteroatoms. The Labute approximate surface area is 190 Å². The number of hydrogen-bond donors (Lipinski definition) is 2. The number of aromatic nitrogens is 3. The number of H-pyrrole nitrogens is 1. The number of carbonyl (C=O) groups is 1. The SMILES string of the molecule is Cc1nc(-c2cc(C3=CCCN(CC4CCOCC4)C3)ccn2)[nH]c1C.O=C(O)C(F)(F)F. The van der Waals surface area contributed by atoms with Gasteiger partial charge in [-0.25, -0.2) is 9.78 Å². The quantitative estimate of drug-likeness (QED) is 0.701. The van der Waals surface area contributed by atoms with Crippen molar-refractivity contribution in [2.75, 3.05) is 32.8 Å². The first-order valence-corrected chi connectivity index (χ1v) is 10.9. The molecule has 0 bridgehead atoms. The number of imidazole rings is 1. The molecule has 0 unspecified atom stereocenters. The third-order valence-electron chi connectivity index (χ3n) is 5.83. The summed E-state index contributed by atoms with van der Waals surface area (Å²) in [6, 6.07) is 4.29. The molecule has 2 aliphatic heterocycles. The van der Waals surface area contributed by atoms with Crippen LogP contribution >= 0.6 is 0 Å². The molecule has 0 aromatic carbocycles. The number of alkyl halides is 3. The first-order chi connectivity index (χ1) is 15.6. The van der Waals surface area contributed by atoms with Crippen molar-refractivity contribution in [3.05, 3.63) is 41.4 Å². The molecule has 0 aliphatic carbocycles. The van der Waals surface area contributed by atoms with E-state index in [4.69, 9.17) is 14.6 Å². The number of hydrogen-bond acceptors (Lipinski definition) is 5. The Morgan fingerprint density at radius 1 is 1.30 bits per heavy atom. The van der Waals surface area contributed by atoms with Gasteiger partial charge in [0.1, 0.15) is 5.69 Å². The summed E-state index contributed by atoms with van der Waals surface area (Å²) in [5, 5.41) is 7.12. The molecule has 0 amide bonds. The standard InChI is InChI=1S/C21H28N4O.C2HF3O2/c1-15-16(2)24-21(23-15)20-12-18(5-8-22-20)19-4-3-9-25(14-19)13-17-6-10-26-11-7-17;3-2(4,5)1(6)7/h4-5,8,12,17H,3,6-7,9-11,13-14H2,1-2H3,(H,23,24);(H,6,7). The second kappa shape index (κ2) is 10.9. The van der Waals surface area contributed by atoms with Crippen LogP contribution in [0.25, 0.3) is 17.1 Å². The van der Waals surface area contributed by atoms with Crippen LogP contribution in [-0.2, 0) is 9.53 Å². The summed E-state index contributed by atoms with van der Waals surface area (Å²) >= 11 is 0. The van der Waals surface area contributed by atoms with Crippen molar-refractivity contribution in [1.82, 2.24) is 19.9 Å². The second-order valence-electron chi connectivity index (χ2n) is 8.34. The highest BCUT2D eigenvalue weighted by Crippen LogP contribution is 2.26. The molecule has 1 saturated heterocycles. The number of carboxylic acid groups (broad SMARTS) is 1. The van der Waals surface area contributed by atoms with Gasteiger partial charge in [0.25, 0.3) is 0 Å². The maximum Gasteiger partial charge on any atom is 0.490 e. The number of halogens is 3. The fourth-order valence-electron chi connectivity index (χ4n) is 3.89. The number of aliphatic carboxylic acids is 1. The molecule has 7 nitrogen and oxygen atoms in total. The van der Waals surface area contributed by atoms with E-state index in [0.29, 0.717) is 0 Å². The summed E-state index contributed by atoms with van der Waals surface area (Å²) in [5.41, 5.74) is 5.73. The molecule has 0 atom stereocenters. The lowest BCUT2D eigenvalue weighted by molar-refractivity contribution is -0.192. The normalized spacial score (nSPS) is 17.8. The Kier molecular flexibility index (Phi) is 8.25. The minimum absolute atomic E-state index is 0.783. The van der Waals surface area contributed by atoms with Crippen molar-refractivity contribution in [1.29, 1.82) is 0 Å². The monoisotopic (exact) mass is 466 g/mol. The molecular formula is C23H29F3N4O3. The molecule has 0 radical (unpaired) electrons. The van der Waals surface area contributed by atoms with E-state index in [1.54, 1.807) is 0 Å².